The number of aryl methyl sites for hydroxylation is 1. The number of benzene rings is 1. The Morgan fingerprint density at radius 1 is 1.37 bits per heavy atom. The molecule has 2 N–H and O–H groups in total. The Hall–Kier alpha value is -4.19. The van der Waals surface area contributed by atoms with Crippen LogP contribution in [0.5, 0.6) is 0 Å². The number of pyridine rings is 2. The number of nitro groups is 1. The number of hydrogen-bond donors (Lipinski definition) is 2. The van der Waals surface area contributed by atoms with Crippen molar-refractivity contribution in [1.82, 2.24) is 14.9 Å². The first-order valence-electron chi connectivity index (χ1n) is 12.3. The van der Waals surface area contributed by atoms with E-state index in [1.807, 2.05) is 0 Å². The van der Waals surface area contributed by atoms with Crippen LogP contribution in [0, 0.1) is 22.9 Å². The fourth-order valence-corrected chi connectivity index (χ4v) is 6.19. The van der Waals surface area contributed by atoms with E-state index >= 15 is 4.39 Å². The number of aromatic nitrogens is 2. The van der Waals surface area contributed by atoms with E-state index < -0.39 is 39.6 Å². The molecule has 12 heteroatoms. The fourth-order valence-electron chi connectivity index (χ4n) is 6.19. The Bertz CT molecular complexity index is 1710. The summed E-state index contributed by atoms with van der Waals surface area (Å²) in [7, 11) is 0. The molecular weight excluding hydrogens is 499 g/mol. The van der Waals surface area contributed by atoms with E-state index in [1.54, 1.807) is 6.92 Å². The molecular formula is C26H23FN4O7. The predicted molar refractivity (Wildman–Crippen MR) is 131 cm³/mol. The van der Waals surface area contributed by atoms with E-state index in [0.29, 0.717) is 34.9 Å². The van der Waals surface area contributed by atoms with Crippen molar-refractivity contribution in [2.45, 2.75) is 64.8 Å². The van der Waals surface area contributed by atoms with Crippen LogP contribution in [0.2, 0.25) is 0 Å². The van der Waals surface area contributed by atoms with Crippen molar-refractivity contribution < 1.29 is 28.7 Å². The number of aliphatic hydroxyl groups is 1. The zero-order valence-corrected chi connectivity index (χ0v) is 20.8. The Kier molecular flexibility index (Phi) is 5.03. The van der Waals surface area contributed by atoms with E-state index in [9.17, 15) is 29.6 Å². The minimum atomic E-state index is -2.04. The number of carbonyl (C=O) groups excluding carboxylic acids is 2. The number of cyclic esters (lactones) is 1. The van der Waals surface area contributed by atoms with Crippen LogP contribution < -0.4 is 10.9 Å². The molecule has 2 aliphatic heterocycles. The summed E-state index contributed by atoms with van der Waals surface area (Å²) < 4.78 is 21.8. The molecule has 0 bridgehead atoms. The fraction of sp³-hybridized carbons (Fsp3) is 0.385. The minimum absolute atomic E-state index is 0.0467. The summed E-state index contributed by atoms with van der Waals surface area (Å²) >= 11 is 0. The smallest absolute Gasteiger partial charge is 0.343 e. The van der Waals surface area contributed by atoms with Crippen LogP contribution in [-0.2, 0) is 39.5 Å². The number of carbonyl (C=O) groups is 2. The first-order valence-corrected chi connectivity index (χ1v) is 12.3. The van der Waals surface area contributed by atoms with Crippen LogP contribution in [0.1, 0.15) is 66.1 Å². The van der Waals surface area contributed by atoms with E-state index in [0.717, 1.165) is 0 Å². The molecule has 11 nitrogen and oxygen atoms in total. The second kappa shape index (κ2) is 7.90. The average molecular weight is 522 g/mol. The minimum Gasteiger partial charge on any atom is -0.458 e. The first-order chi connectivity index (χ1) is 18.0. The highest BCUT2D eigenvalue weighted by Gasteiger charge is 2.46. The quantitative estimate of drug-likeness (QED) is 0.236. The van der Waals surface area contributed by atoms with Gasteiger partial charge in [-0.25, -0.2) is 9.78 Å². The molecule has 2 aromatic heterocycles. The maximum Gasteiger partial charge on any atom is 0.343 e. The van der Waals surface area contributed by atoms with Gasteiger partial charge in [-0.05, 0) is 48.9 Å². The summed E-state index contributed by atoms with van der Waals surface area (Å²) in [5, 5.41) is 26.5. The molecule has 2 atom stereocenters. The maximum atomic E-state index is 15.3. The van der Waals surface area contributed by atoms with Gasteiger partial charge in [-0.3, -0.25) is 19.7 Å². The molecule has 0 radical (unpaired) electrons. The van der Waals surface area contributed by atoms with Gasteiger partial charge in [0.2, 0.25) is 11.7 Å². The summed E-state index contributed by atoms with van der Waals surface area (Å²) in [4.78, 5) is 54.0. The molecule has 0 fully saturated rings. The maximum absolute atomic E-state index is 15.3. The van der Waals surface area contributed by atoms with Gasteiger partial charge in [0.15, 0.2) is 11.1 Å². The Morgan fingerprint density at radius 2 is 2.11 bits per heavy atom. The van der Waals surface area contributed by atoms with Gasteiger partial charge in [0, 0.05) is 23.4 Å². The Balaban J connectivity index is 1.75. The van der Waals surface area contributed by atoms with Crippen molar-refractivity contribution in [2.75, 3.05) is 0 Å². The van der Waals surface area contributed by atoms with Gasteiger partial charge >= 0.3 is 11.7 Å². The Labute approximate surface area is 214 Å². The van der Waals surface area contributed by atoms with Gasteiger partial charge in [-0.1, -0.05) is 6.92 Å². The molecule has 3 aromatic rings. The number of halogens is 1. The van der Waals surface area contributed by atoms with Crippen LogP contribution in [0.25, 0.3) is 22.3 Å². The number of amides is 1. The Morgan fingerprint density at radius 3 is 2.76 bits per heavy atom. The van der Waals surface area contributed by atoms with E-state index in [2.05, 4.69) is 10.3 Å². The zero-order chi connectivity index (χ0) is 27.3. The van der Waals surface area contributed by atoms with E-state index in [1.165, 1.54) is 24.5 Å². The van der Waals surface area contributed by atoms with Crippen LogP contribution in [0.4, 0.5) is 10.1 Å². The molecule has 0 unspecified atom stereocenters. The SMILES string of the molecule is CC[C@@]1(O)C(=O)OCc2c1cc1n(c2=O)Cc2c-1nc1c([N+](=O)[O-])c(F)c(C)c3c1c2[C@@H](NC(C)=O)CC3. The summed E-state index contributed by atoms with van der Waals surface area (Å²) in [6.07, 6.45) is 0.755. The van der Waals surface area contributed by atoms with Gasteiger partial charge in [0.25, 0.3) is 5.56 Å². The molecule has 38 heavy (non-hydrogen) atoms. The highest BCUT2D eigenvalue weighted by molar-refractivity contribution is 5.98. The molecule has 4 heterocycles. The van der Waals surface area contributed by atoms with Crippen molar-refractivity contribution in [3.05, 3.63) is 65.7 Å². The lowest BCUT2D eigenvalue weighted by molar-refractivity contribution is -0.385. The van der Waals surface area contributed by atoms with Crippen molar-refractivity contribution in [1.29, 1.82) is 0 Å². The lowest BCUT2D eigenvalue weighted by Gasteiger charge is -2.31. The molecule has 0 spiro atoms. The highest BCUT2D eigenvalue weighted by Crippen LogP contribution is 2.48. The monoisotopic (exact) mass is 522 g/mol. The molecule has 1 amide bonds. The number of fused-ring (bicyclic) bond motifs is 5. The number of rotatable bonds is 3. The molecule has 1 aliphatic carbocycles. The highest BCUT2D eigenvalue weighted by atomic mass is 19.1. The van der Waals surface area contributed by atoms with Crippen molar-refractivity contribution in [2.24, 2.45) is 0 Å². The second-order valence-corrected chi connectivity index (χ2v) is 9.99. The third-order valence-corrected chi connectivity index (χ3v) is 8.05. The third kappa shape index (κ3) is 2.97. The van der Waals surface area contributed by atoms with Crippen LogP contribution in [0.3, 0.4) is 0 Å². The number of hydrogen-bond acceptors (Lipinski definition) is 8. The summed E-state index contributed by atoms with van der Waals surface area (Å²) in [6.45, 7) is 4.18. The van der Waals surface area contributed by atoms with Gasteiger partial charge in [0.05, 0.1) is 34.5 Å². The van der Waals surface area contributed by atoms with Crippen molar-refractivity contribution in [3.8, 4) is 11.4 Å². The number of nitrogens with one attached hydrogen (secondary N) is 1. The van der Waals surface area contributed by atoms with Gasteiger partial charge in [0.1, 0.15) is 6.61 Å². The van der Waals surface area contributed by atoms with E-state index in [-0.39, 0.29) is 59.1 Å². The molecule has 6 rings (SSSR count). The molecule has 0 saturated heterocycles. The molecule has 3 aliphatic rings. The number of ether oxygens (including phenoxy) is 1. The molecule has 0 saturated carbocycles. The zero-order valence-electron chi connectivity index (χ0n) is 20.8. The van der Waals surface area contributed by atoms with Crippen molar-refractivity contribution in [3.63, 3.8) is 0 Å². The number of nitro benzene ring substituents is 1. The average Bonchev–Trinajstić information content (AvgIpc) is 3.24. The summed E-state index contributed by atoms with van der Waals surface area (Å²) in [5.41, 5.74) is -0.926. The first kappa shape index (κ1) is 24.2. The van der Waals surface area contributed by atoms with Crippen LogP contribution in [0.15, 0.2) is 10.9 Å². The lowest BCUT2D eigenvalue weighted by Crippen LogP contribution is -2.44. The lowest BCUT2D eigenvalue weighted by atomic mass is 9.81. The van der Waals surface area contributed by atoms with Crippen molar-refractivity contribution >= 4 is 28.5 Å². The topological polar surface area (TPSA) is 154 Å². The largest absolute Gasteiger partial charge is 0.458 e. The third-order valence-electron chi connectivity index (χ3n) is 8.05. The van der Waals surface area contributed by atoms with Gasteiger partial charge < -0.3 is 19.7 Å². The second-order valence-electron chi connectivity index (χ2n) is 9.99. The summed E-state index contributed by atoms with van der Waals surface area (Å²) in [5.74, 6) is -2.16. The normalized spacial score (nSPS) is 21.0. The molecule has 1 aromatic carbocycles. The van der Waals surface area contributed by atoms with E-state index in [4.69, 9.17) is 4.74 Å². The molecule has 196 valence electrons. The number of esters is 1. The number of nitrogens with zero attached hydrogens (tertiary/aromatic N) is 3. The van der Waals surface area contributed by atoms with Crippen LogP contribution in [-0.4, -0.2) is 31.5 Å². The standard InChI is InChI=1S/C26H23FN4O7/c1-4-26(35)15-7-17-21-13(8-30(17)24(33)14(15)9-38-25(26)34)18-16(28-11(3)32)6-5-12-10(2)20(27)23(31(36)37)22(29-21)19(12)18/h7,16,35H,4-6,8-9H2,1-3H3,(H,28,32)/t16-,26-/m0/s1. The predicted octanol–water partition coefficient (Wildman–Crippen LogP) is 2.56. The summed E-state index contributed by atoms with van der Waals surface area (Å²) in [6, 6.07) is 0.951. The van der Waals surface area contributed by atoms with Crippen LogP contribution >= 0.6 is 0 Å². The van der Waals surface area contributed by atoms with Gasteiger partial charge in [-0.2, -0.15) is 4.39 Å². The van der Waals surface area contributed by atoms with Gasteiger partial charge in [-0.15, -0.1) is 0 Å².